The smallest absolute Gasteiger partial charge is 0.137 e. The highest BCUT2D eigenvalue weighted by Crippen LogP contribution is 2.45. The van der Waals surface area contributed by atoms with E-state index in [4.69, 9.17) is 4.98 Å². The van der Waals surface area contributed by atoms with Gasteiger partial charge in [-0.15, -0.1) is 0 Å². The topological polar surface area (TPSA) is 35.7 Å². The normalized spacial score (nSPS) is 11.3. The Morgan fingerprint density at radius 3 is 0.643 bits per heavy atom. The molecule has 398 valence electrons. The fraction of sp³-hybridized carbons (Fsp3) is 0. The molecule has 7 nitrogen and oxygen atoms in total. The van der Waals surface area contributed by atoms with E-state index in [0.717, 1.165) is 123 Å². The maximum Gasteiger partial charge on any atom is 0.137 e. The summed E-state index contributed by atoms with van der Waals surface area (Å²) in [5.41, 5.74) is 18.1. The minimum atomic E-state index is 0.818. The Kier molecular flexibility index (Phi) is 12.7. The lowest BCUT2D eigenvalue weighted by molar-refractivity contribution is 1.05. The molecular weight excluding hydrogens is 1020 g/mol. The van der Waals surface area contributed by atoms with Gasteiger partial charge in [-0.2, -0.15) is 0 Å². The summed E-state index contributed by atoms with van der Waals surface area (Å²) < 4.78 is 4.69. The molecule has 0 atom stereocenters. The van der Waals surface area contributed by atoms with E-state index in [1.807, 2.05) is 6.20 Å². The first-order chi connectivity index (χ1) is 41.7. The van der Waals surface area contributed by atoms with Crippen LogP contribution in [0.2, 0.25) is 0 Å². The molecule has 7 heteroatoms. The summed E-state index contributed by atoms with van der Waals surface area (Å²) in [5, 5.41) is 4.48. The Balaban J connectivity index is 0.915. The maximum atomic E-state index is 5.45. The van der Waals surface area contributed by atoms with Crippen molar-refractivity contribution in [3.63, 3.8) is 0 Å². The van der Waals surface area contributed by atoms with E-state index in [-0.39, 0.29) is 0 Å². The standard InChI is InChI=1S/C77H55N7/c1-9-25-56(26-10-1)79(57-27-11-2-12-28-57)64-41-46-73-69(51-64)70-52-65(80(58-29-13-3-14-30-58)59-31-15-4-16-32-59)42-47-74(70)83(73)68-45-50-77(78-55-68)84-75-48-43-66(81(60-33-17-5-18-34-60)61-35-19-6-20-36-61)53-71(75)72-54-67(44-49-76(72)84)82(62-37-21-7-22-38-62)63-39-23-8-24-40-63/h1-55H. The molecule has 0 radical (unpaired) electrons. The Hall–Kier alpha value is -11.4. The predicted molar refractivity (Wildman–Crippen MR) is 352 cm³/mol. The third kappa shape index (κ3) is 9.03. The summed E-state index contributed by atoms with van der Waals surface area (Å²) in [7, 11) is 0. The van der Waals surface area contributed by atoms with Gasteiger partial charge in [0, 0.05) is 89.8 Å². The molecule has 0 aliphatic carbocycles. The van der Waals surface area contributed by atoms with E-state index in [2.05, 4.69) is 356 Å². The molecular formula is C77H55N7. The lowest BCUT2D eigenvalue weighted by atomic mass is 10.1. The average molecular weight is 1080 g/mol. The van der Waals surface area contributed by atoms with E-state index >= 15 is 0 Å². The van der Waals surface area contributed by atoms with Crippen molar-refractivity contribution in [1.82, 2.24) is 14.1 Å². The number of para-hydroxylation sites is 8. The molecule has 0 bridgehead atoms. The summed E-state index contributed by atoms with van der Waals surface area (Å²) in [4.78, 5) is 14.8. The van der Waals surface area contributed by atoms with Gasteiger partial charge in [-0.1, -0.05) is 146 Å². The molecule has 84 heavy (non-hydrogen) atoms. The first-order valence-corrected chi connectivity index (χ1v) is 28.4. The van der Waals surface area contributed by atoms with Crippen molar-refractivity contribution in [2.24, 2.45) is 0 Å². The van der Waals surface area contributed by atoms with Crippen LogP contribution in [0.4, 0.5) is 68.2 Å². The van der Waals surface area contributed by atoms with Crippen molar-refractivity contribution in [1.29, 1.82) is 0 Å². The largest absolute Gasteiger partial charge is 0.310 e. The Bertz CT molecular complexity index is 4000. The van der Waals surface area contributed by atoms with Crippen LogP contribution < -0.4 is 19.6 Å². The molecule has 3 heterocycles. The second kappa shape index (κ2) is 21.6. The quantitative estimate of drug-likeness (QED) is 0.108. The highest BCUT2D eigenvalue weighted by molar-refractivity contribution is 6.13. The molecule has 15 rings (SSSR count). The van der Waals surface area contributed by atoms with Crippen molar-refractivity contribution >= 4 is 112 Å². The van der Waals surface area contributed by atoms with Crippen LogP contribution in [0.25, 0.3) is 55.1 Å². The fourth-order valence-corrected chi connectivity index (χ4v) is 12.1. The molecule has 0 aliphatic heterocycles. The molecule has 3 aromatic heterocycles. The molecule has 0 saturated heterocycles. The number of fused-ring (bicyclic) bond motifs is 6. The SMILES string of the molecule is c1ccc(N(c2ccccc2)c2ccc3c(c2)c2cc(N(c4ccccc4)c4ccccc4)ccc2n3-c2ccc(-n3c4ccc(N(c5ccccc5)c5ccccc5)cc4c4cc(N(c5ccccc5)c5ccccc5)ccc43)nc2)cc1. The van der Waals surface area contributed by atoms with Gasteiger partial charge in [0.15, 0.2) is 0 Å². The van der Waals surface area contributed by atoms with Crippen molar-refractivity contribution in [2.45, 2.75) is 0 Å². The molecule has 0 unspecified atom stereocenters. The first kappa shape index (κ1) is 49.6. The highest BCUT2D eigenvalue weighted by atomic mass is 15.2. The van der Waals surface area contributed by atoms with Gasteiger partial charge in [0.05, 0.1) is 34.0 Å². The first-order valence-electron chi connectivity index (χ1n) is 28.4. The molecule has 0 spiro atoms. The third-order valence-corrected chi connectivity index (χ3v) is 15.8. The summed E-state index contributed by atoms with van der Waals surface area (Å²) in [6.07, 6.45) is 2.04. The van der Waals surface area contributed by atoms with Crippen LogP contribution in [0.3, 0.4) is 0 Å². The van der Waals surface area contributed by atoms with E-state index in [1.54, 1.807) is 0 Å². The summed E-state index contributed by atoms with van der Waals surface area (Å²) in [6.45, 7) is 0. The molecule has 0 N–H and O–H groups in total. The van der Waals surface area contributed by atoms with Gasteiger partial charge in [-0.05, 0) is 182 Å². The molecule has 0 saturated carbocycles. The molecule has 12 aromatic carbocycles. The van der Waals surface area contributed by atoms with Crippen LogP contribution in [-0.4, -0.2) is 14.1 Å². The van der Waals surface area contributed by atoms with Gasteiger partial charge < -0.3 is 24.2 Å². The van der Waals surface area contributed by atoms with Crippen molar-refractivity contribution in [3.8, 4) is 11.5 Å². The Morgan fingerprint density at radius 2 is 0.429 bits per heavy atom. The lowest BCUT2D eigenvalue weighted by Gasteiger charge is -2.26. The number of pyridine rings is 1. The van der Waals surface area contributed by atoms with E-state index in [9.17, 15) is 0 Å². The van der Waals surface area contributed by atoms with Crippen LogP contribution in [0.1, 0.15) is 0 Å². The van der Waals surface area contributed by atoms with Gasteiger partial charge in [-0.3, -0.25) is 4.57 Å². The average Bonchev–Trinajstić information content (AvgIpc) is 2.18. The molecule has 15 aromatic rings. The molecule has 0 aliphatic rings. The number of rotatable bonds is 14. The number of benzene rings is 12. The zero-order chi connectivity index (χ0) is 55.8. The number of aromatic nitrogens is 3. The summed E-state index contributed by atoms with van der Waals surface area (Å²) >= 11 is 0. The van der Waals surface area contributed by atoms with Crippen molar-refractivity contribution < 1.29 is 0 Å². The summed E-state index contributed by atoms with van der Waals surface area (Å²) in [6, 6.07) is 117. The van der Waals surface area contributed by atoms with Crippen LogP contribution in [0.5, 0.6) is 0 Å². The van der Waals surface area contributed by atoms with Crippen LogP contribution >= 0.6 is 0 Å². The second-order valence-corrected chi connectivity index (χ2v) is 20.9. The molecule has 0 fully saturated rings. The Morgan fingerprint density at radius 1 is 0.202 bits per heavy atom. The van der Waals surface area contributed by atoms with Crippen LogP contribution in [0, 0.1) is 0 Å². The van der Waals surface area contributed by atoms with Gasteiger partial charge in [-0.25, -0.2) is 4.98 Å². The second-order valence-electron chi connectivity index (χ2n) is 20.9. The van der Waals surface area contributed by atoms with Crippen molar-refractivity contribution in [3.05, 3.63) is 334 Å². The van der Waals surface area contributed by atoms with Gasteiger partial charge >= 0.3 is 0 Å². The van der Waals surface area contributed by atoms with Gasteiger partial charge in [0.1, 0.15) is 5.82 Å². The highest BCUT2D eigenvalue weighted by Gasteiger charge is 2.23. The van der Waals surface area contributed by atoms with Gasteiger partial charge in [0.25, 0.3) is 0 Å². The van der Waals surface area contributed by atoms with Crippen LogP contribution in [-0.2, 0) is 0 Å². The lowest BCUT2D eigenvalue weighted by Crippen LogP contribution is -2.09. The molecule has 0 amide bonds. The number of nitrogens with zero attached hydrogens (tertiary/aromatic N) is 7. The number of hydrogen-bond acceptors (Lipinski definition) is 5. The minimum Gasteiger partial charge on any atom is -0.310 e. The number of hydrogen-bond donors (Lipinski definition) is 0. The zero-order valence-electron chi connectivity index (χ0n) is 45.9. The Labute approximate surface area is 488 Å². The maximum absolute atomic E-state index is 5.45. The third-order valence-electron chi connectivity index (χ3n) is 15.8. The summed E-state index contributed by atoms with van der Waals surface area (Å²) in [5.74, 6) is 0.818. The van der Waals surface area contributed by atoms with E-state index < -0.39 is 0 Å². The fourth-order valence-electron chi connectivity index (χ4n) is 12.1. The van der Waals surface area contributed by atoms with E-state index in [0.29, 0.717) is 0 Å². The predicted octanol–water partition coefficient (Wildman–Crippen LogP) is 21.2. The van der Waals surface area contributed by atoms with Crippen molar-refractivity contribution in [2.75, 3.05) is 19.6 Å². The van der Waals surface area contributed by atoms with Gasteiger partial charge in [0.2, 0.25) is 0 Å². The minimum absolute atomic E-state index is 0.818. The number of anilines is 12. The monoisotopic (exact) mass is 1080 g/mol. The zero-order valence-corrected chi connectivity index (χ0v) is 45.9. The van der Waals surface area contributed by atoms with Crippen LogP contribution in [0.15, 0.2) is 334 Å². The van der Waals surface area contributed by atoms with E-state index in [1.165, 1.54) is 0 Å².